The smallest absolute Gasteiger partial charge is 0.421 e. The number of nitrogens with one attached hydrogen (secondary N) is 2. The summed E-state index contributed by atoms with van der Waals surface area (Å²) >= 11 is 0. The van der Waals surface area contributed by atoms with E-state index in [0.29, 0.717) is 13.2 Å². The number of alkyl carbamates (subject to hydrolysis) is 1. The van der Waals surface area contributed by atoms with Crippen molar-refractivity contribution in [3.8, 4) is 0 Å². The molecule has 11 heteroatoms. The average Bonchev–Trinajstić information content (AvgIpc) is 2.39. The van der Waals surface area contributed by atoms with Crippen molar-refractivity contribution in [3.05, 3.63) is 0 Å². The molecule has 0 atom stereocenters. The number of hydrogen-bond donors (Lipinski definition) is 2. The van der Waals surface area contributed by atoms with Crippen LogP contribution in [0.2, 0.25) is 0 Å². The SMILES string of the molecule is CC(C)(CNC(=O)OC(C)(C)C)COCC(C)(C)COC(=O)NS(=O)(=O)Cl. The van der Waals surface area contributed by atoms with E-state index < -0.39 is 32.4 Å². The van der Waals surface area contributed by atoms with Crippen molar-refractivity contribution in [2.45, 2.75) is 54.1 Å². The van der Waals surface area contributed by atoms with Gasteiger partial charge in [0.2, 0.25) is 0 Å². The second-order valence-electron chi connectivity index (χ2n) is 8.79. The highest BCUT2D eigenvalue weighted by molar-refractivity contribution is 8.12. The summed E-state index contributed by atoms with van der Waals surface area (Å²) in [6.45, 7) is 13.7. The van der Waals surface area contributed by atoms with Gasteiger partial charge in [-0.05, 0) is 20.8 Å². The van der Waals surface area contributed by atoms with Crippen LogP contribution in [0.4, 0.5) is 9.59 Å². The Labute approximate surface area is 166 Å². The second kappa shape index (κ2) is 9.79. The van der Waals surface area contributed by atoms with Crippen LogP contribution < -0.4 is 10.0 Å². The molecule has 0 saturated carbocycles. The average molecular weight is 431 g/mol. The quantitative estimate of drug-likeness (QED) is 0.539. The fraction of sp³-hybridized carbons (Fsp3) is 0.875. The van der Waals surface area contributed by atoms with E-state index in [1.165, 1.54) is 4.72 Å². The maximum atomic E-state index is 11.7. The Kier molecular flexibility index (Phi) is 9.33. The predicted octanol–water partition coefficient (Wildman–Crippen LogP) is 2.79. The Morgan fingerprint density at radius 1 is 0.889 bits per heavy atom. The lowest BCUT2D eigenvalue weighted by atomic mass is 9.93. The van der Waals surface area contributed by atoms with Crippen molar-refractivity contribution < 1.29 is 32.2 Å². The zero-order valence-electron chi connectivity index (χ0n) is 17.0. The summed E-state index contributed by atoms with van der Waals surface area (Å²) in [6.07, 6.45) is -1.65. The Bertz CT molecular complexity index is 613. The van der Waals surface area contributed by atoms with Gasteiger partial charge in [0.05, 0.1) is 13.2 Å². The molecular formula is C16H31ClN2O7S. The van der Waals surface area contributed by atoms with Crippen molar-refractivity contribution >= 4 is 32.1 Å². The van der Waals surface area contributed by atoms with Gasteiger partial charge in [-0.2, -0.15) is 8.42 Å². The summed E-state index contributed by atoms with van der Waals surface area (Å²) < 4.78 is 38.6. The zero-order valence-corrected chi connectivity index (χ0v) is 18.5. The van der Waals surface area contributed by atoms with Crippen LogP contribution in [0.25, 0.3) is 0 Å². The van der Waals surface area contributed by atoms with Gasteiger partial charge in [-0.15, -0.1) is 0 Å². The van der Waals surface area contributed by atoms with Crippen molar-refractivity contribution in [2.24, 2.45) is 10.8 Å². The number of amides is 2. The number of halogens is 1. The molecule has 2 amide bonds. The topological polar surface area (TPSA) is 120 Å². The summed E-state index contributed by atoms with van der Waals surface area (Å²) in [6, 6.07) is 0. The van der Waals surface area contributed by atoms with E-state index in [1.54, 1.807) is 34.6 Å². The molecule has 0 aliphatic rings. The van der Waals surface area contributed by atoms with E-state index in [2.05, 4.69) is 5.32 Å². The minimum atomic E-state index is -4.18. The van der Waals surface area contributed by atoms with E-state index in [1.807, 2.05) is 13.8 Å². The highest BCUT2D eigenvalue weighted by atomic mass is 35.7. The van der Waals surface area contributed by atoms with Gasteiger partial charge in [-0.3, -0.25) is 0 Å². The Morgan fingerprint density at radius 3 is 1.89 bits per heavy atom. The number of rotatable bonds is 9. The first-order chi connectivity index (χ1) is 11.9. The summed E-state index contributed by atoms with van der Waals surface area (Å²) in [5.74, 6) is 0. The molecule has 0 aliphatic carbocycles. The van der Waals surface area contributed by atoms with E-state index in [9.17, 15) is 18.0 Å². The Morgan fingerprint density at radius 2 is 1.41 bits per heavy atom. The summed E-state index contributed by atoms with van der Waals surface area (Å²) in [5, 5.41) is 2.70. The van der Waals surface area contributed by atoms with Gasteiger partial charge in [-0.25, -0.2) is 14.3 Å². The van der Waals surface area contributed by atoms with Gasteiger partial charge in [-0.1, -0.05) is 27.7 Å². The number of ether oxygens (including phenoxy) is 3. The van der Waals surface area contributed by atoms with Gasteiger partial charge in [0, 0.05) is 28.1 Å². The molecule has 0 spiro atoms. The van der Waals surface area contributed by atoms with Crippen LogP contribution in [-0.2, 0) is 23.4 Å². The number of hydrogen-bond acceptors (Lipinski definition) is 7. The summed E-state index contributed by atoms with van der Waals surface area (Å²) in [5.41, 5.74) is -1.47. The van der Waals surface area contributed by atoms with Crippen LogP contribution in [0, 0.1) is 10.8 Å². The van der Waals surface area contributed by atoms with Crippen LogP contribution >= 0.6 is 10.7 Å². The number of carbonyl (C=O) groups excluding carboxylic acids is 2. The molecule has 0 rings (SSSR count). The van der Waals surface area contributed by atoms with E-state index >= 15 is 0 Å². The van der Waals surface area contributed by atoms with Gasteiger partial charge in [0.15, 0.2) is 0 Å². The lowest BCUT2D eigenvalue weighted by Crippen LogP contribution is -2.40. The van der Waals surface area contributed by atoms with Crippen LogP contribution in [0.1, 0.15) is 48.5 Å². The molecular weight excluding hydrogens is 400 g/mol. The Hall–Kier alpha value is -1.26. The predicted molar refractivity (Wildman–Crippen MR) is 102 cm³/mol. The van der Waals surface area contributed by atoms with Crippen LogP contribution in [0.5, 0.6) is 0 Å². The monoisotopic (exact) mass is 430 g/mol. The molecule has 0 aromatic carbocycles. The molecule has 0 aromatic heterocycles. The summed E-state index contributed by atoms with van der Waals surface area (Å²) in [7, 11) is 0.715. The third-order valence-electron chi connectivity index (χ3n) is 2.90. The van der Waals surface area contributed by atoms with Gasteiger partial charge >= 0.3 is 21.4 Å². The molecule has 0 radical (unpaired) electrons. The molecule has 0 aliphatic heterocycles. The van der Waals surface area contributed by atoms with Gasteiger partial charge in [0.25, 0.3) is 0 Å². The first-order valence-corrected chi connectivity index (χ1v) is 10.7. The minimum Gasteiger partial charge on any atom is -0.448 e. The van der Waals surface area contributed by atoms with Gasteiger partial charge in [0.1, 0.15) is 12.2 Å². The lowest BCUT2D eigenvalue weighted by molar-refractivity contribution is -0.00987. The van der Waals surface area contributed by atoms with Crippen LogP contribution in [0.3, 0.4) is 0 Å². The summed E-state index contributed by atoms with van der Waals surface area (Å²) in [4.78, 5) is 23.0. The fourth-order valence-corrected chi connectivity index (χ4v) is 2.16. The third-order valence-corrected chi connectivity index (χ3v) is 3.54. The van der Waals surface area contributed by atoms with Crippen molar-refractivity contribution in [1.82, 2.24) is 10.0 Å². The van der Waals surface area contributed by atoms with E-state index in [0.717, 1.165) is 0 Å². The first kappa shape index (κ1) is 25.7. The lowest BCUT2D eigenvalue weighted by Gasteiger charge is -2.29. The van der Waals surface area contributed by atoms with Crippen LogP contribution in [0.15, 0.2) is 0 Å². The van der Waals surface area contributed by atoms with Gasteiger partial charge < -0.3 is 19.5 Å². The number of carbonyl (C=O) groups is 2. The molecule has 0 saturated heterocycles. The molecule has 0 heterocycles. The normalized spacial score (nSPS) is 13.0. The van der Waals surface area contributed by atoms with Crippen LogP contribution in [-0.4, -0.2) is 52.6 Å². The molecule has 27 heavy (non-hydrogen) atoms. The molecule has 9 nitrogen and oxygen atoms in total. The molecule has 2 N–H and O–H groups in total. The molecule has 0 bridgehead atoms. The Balaban J connectivity index is 4.26. The second-order valence-corrected chi connectivity index (χ2v) is 11.1. The largest absolute Gasteiger partial charge is 0.448 e. The maximum Gasteiger partial charge on any atom is 0.421 e. The highest BCUT2D eigenvalue weighted by Crippen LogP contribution is 2.20. The zero-order chi connectivity index (χ0) is 21.5. The first-order valence-electron chi connectivity index (χ1n) is 8.35. The minimum absolute atomic E-state index is 0.0676. The molecule has 0 aromatic rings. The standard InChI is InChI=1S/C16H31ClN2O7S/c1-14(2,3)26-12(20)18-8-15(4,5)9-24-10-16(6,7)11-25-13(21)19-27(17,22)23/h8-11H2,1-7H3,(H,18,20)(H,19,21). The van der Waals surface area contributed by atoms with E-state index in [4.69, 9.17) is 24.9 Å². The van der Waals surface area contributed by atoms with Crippen molar-refractivity contribution in [3.63, 3.8) is 0 Å². The maximum absolute atomic E-state index is 11.7. The molecule has 0 fully saturated rings. The highest BCUT2D eigenvalue weighted by Gasteiger charge is 2.26. The van der Waals surface area contributed by atoms with Crippen molar-refractivity contribution in [2.75, 3.05) is 26.4 Å². The van der Waals surface area contributed by atoms with Crippen molar-refractivity contribution in [1.29, 1.82) is 0 Å². The molecule has 160 valence electrons. The molecule has 0 unspecified atom stereocenters. The van der Waals surface area contributed by atoms with E-state index in [-0.39, 0.29) is 18.6 Å². The fourth-order valence-electron chi connectivity index (χ4n) is 1.71. The third kappa shape index (κ3) is 15.5.